The summed E-state index contributed by atoms with van der Waals surface area (Å²) in [7, 11) is 0. The molecule has 0 spiro atoms. The van der Waals surface area contributed by atoms with Gasteiger partial charge in [0.2, 0.25) is 5.91 Å². The third kappa shape index (κ3) is 2.07. The van der Waals surface area contributed by atoms with Gasteiger partial charge < -0.3 is 10.6 Å². The summed E-state index contributed by atoms with van der Waals surface area (Å²) < 4.78 is 0. The lowest BCUT2D eigenvalue weighted by atomic mass is 9.98. The lowest BCUT2D eigenvalue weighted by Gasteiger charge is -2.18. The van der Waals surface area contributed by atoms with E-state index in [4.69, 9.17) is 5.73 Å². The Morgan fingerprint density at radius 2 is 2.27 bits per heavy atom. The van der Waals surface area contributed by atoms with Crippen LogP contribution in [0.15, 0.2) is 12.7 Å². The molecule has 3 nitrogen and oxygen atoms in total. The maximum absolute atomic E-state index is 11.8. The van der Waals surface area contributed by atoms with Gasteiger partial charge in [-0.2, -0.15) is 0 Å². The molecule has 0 bridgehead atoms. The van der Waals surface area contributed by atoms with Crippen molar-refractivity contribution in [3.63, 3.8) is 0 Å². The molecule has 1 amide bonds. The molecule has 1 saturated heterocycles. The zero-order chi connectivity index (χ0) is 10.8. The molecule has 1 saturated carbocycles. The lowest BCUT2D eigenvalue weighted by Crippen LogP contribution is -2.33. The lowest BCUT2D eigenvalue weighted by molar-refractivity contribution is -0.130. The van der Waals surface area contributed by atoms with E-state index in [-0.39, 0.29) is 5.91 Å². The van der Waals surface area contributed by atoms with Crippen LogP contribution in [0.4, 0.5) is 0 Å². The van der Waals surface area contributed by atoms with Crippen LogP contribution in [0.2, 0.25) is 0 Å². The fourth-order valence-corrected chi connectivity index (χ4v) is 2.89. The van der Waals surface area contributed by atoms with Gasteiger partial charge >= 0.3 is 0 Å². The first-order chi connectivity index (χ1) is 7.22. The molecule has 3 atom stereocenters. The van der Waals surface area contributed by atoms with Crippen molar-refractivity contribution in [2.45, 2.75) is 31.7 Å². The Morgan fingerprint density at radius 3 is 2.93 bits per heavy atom. The number of nitrogens with zero attached hydrogens (tertiary/aromatic N) is 1. The minimum atomic E-state index is 0.275. The predicted octanol–water partition coefficient (Wildman–Crippen LogP) is 1.15. The summed E-state index contributed by atoms with van der Waals surface area (Å²) in [5, 5.41) is 0. The van der Waals surface area contributed by atoms with Crippen molar-refractivity contribution in [1.82, 2.24) is 4.90 Å². The van der Waals surface area contributed by atoms with Gasteiger partial charge in [-0.25, -0.2) is 0 Å². The van der Waals surface area contributed by atoms with Gasteiger partial charge in [-0.15, -0.1) is 6.58 Å². The molecule has 1 heterocycles. The van der Waals surface area contributed by atoms with E-state index < -0.39 is 0 Å². The normalized spacial score (nSPS) is 34.2. The number of carbonyl (C=O) groups excluding carboxylic acids is 1. The highest BCUT2D eigenvalue weighted by Crippen LogP contribution is 2.37. The van der Waals surface area contributed by atoms with Crippen LogP contribution in [0.25, 0.3) is 0 Å². The van der Waals surface area contributed by atoms with E-state index in [0.717, 1.165) is 25.9 Å². The highest BCUT2D eigenvalue weighted by atomic mass is 16.2. The largest absolute Gasteiger partial charge is 0.342 e. The van der Waals surface area contributed by atoms with Gasteiger partial charge in [0.1, 0.15) is 0 Å². The number of hydrogen-bond donors (Lipinski definition) is 1. The average Bonchev–Trinajstić information content (AvgIpc) is 2.78. The van der Waals surface area contributed by atoms with E-state index in [0.29, 0.717) is 24.3 Å². The monoisotopic (exact) mass is 208 g/mol. The maximum Gasteiger partial charge on any atom is 0.222 e. The van der Waals surface area contributed by atoms with Crippen LogP contribution in [0.1, 0.15) is 25.7 Å². The zero-order valence-electron chi connectivity index (χ0n) is 9.19. The Bertz CT molecular complexity index is 264. The van der Waals surface area contributed by atoms with E-state index in [1.807, 2.05) is 4.90 Å². The summed E-state index contributed by atoms with van der Waals surface area (Å²) in [6.07, 6.45) is 5.55. The molecule has 15 heavy (non-hydrogen) atoms. The molecule has 3 heteroatoms. The van der Waals surface area contributed by atoms with Crippen molar-refractivity contribution < 1.29 is 4.79 Å². The van der Waals surface area contributed by atoms with E-state index in [1.165, 1.54) is 6.42 Å². The topological polar surface area (TPSA) is 46.3 Å². The third-order valence-electron chi connectivity index (χ3n) is 3.83. The summed E-state index contributed by atoms with van der Waals surface area (Å²) in [5.41, 5.74) is 6.03. The van der Waals surface area contributed by atoms with Crippen LogP contribution in [0, 0.1) is 11.8 Å². The summed E-state index contributed by atoms with van der Waals surface area (Å²) in [5.74, 6) is 1.52. The second kappa shape index (κ2) is 4.35. The Balaban J connectivity index is 1.87. The van der Waals surface area contributed by atoms with Crippen molar-refractivity contribution in [3.8, 4) is 0 Å². The minimum Gasteiger partial charge on any atom is -0.342 e. The predicted molar refractivity (Wildman–Crippen MR) is 60.2 cm³/mol. The fourth-order valence-electron chi connectivity index (χ4n) is 2.89. The molecular formula is C12H20N2O. The Kier molecular flexibility index (Phi) is 3.10. The molecule has 0 aromatic carbocycles. The number of hydrogen-bond acceptors (Lipinski definition) is 2. The first-order valence-corrected chi connectivity index (χ1v) is 5.86. The SMILES string of the molecule is C=CCCC(=O)N1CC2CCC(N)C2C1. The first-order valence-electron chi connectivity index (χ1n) is 5.86. The zero-order valence-corrected chi connectivity index (χ0v) is 9.19. The molecular weight excluding hydrogens is 188 g/mol. The van der Waals surface area contributed by atoms with Crippen LogP contribution in [0.5, 0.6) is 0 Å². The number of nitrogens with two attached hydrogens (primary N) is 1. The summed E-state index contributed by atoms with van der Waals surface area (Å²) in [6.45, 7) is 5.47. The van der Waals surface area contributed by atoms with E-state index in [2.05, 4.69) is 6.58 Å². The molecule has 3 unspecified atom stereocenters. The maximum atomic E-state index is 11.8. The number of rotatable bonds is 3. The Labute approximate surface area is 91.3 Å². The van der Waals surface area contributed by atoms with Gasteiger partial charge in [0.25, 0.3) is 0 Å². The van der Waals surface area contributed by atoms with Gasteiger partial charge in [-0.1, -0.05) is 6.08 Å². The second-order valence-electron chi connectivity index (χ2n) is 4.79. The smallest absolute Gasteiger partial charge is 0.222 e. The van der Waals surface area contributed by atoms with Crippen LogP contribution in [-0.2, 0) is 4.79 Å². The first kappa shape index (κ1) is 10.7. The van der Waals surface area contributed by atoms with Gasteiger partial charge in [0.05, 0.1) is 0 Å². The van der Waals surface area contributed by atoms with Gasteiger partial charge in [0, 0.05) is 25.6 Å². The number of carbonyl (C=O) groups is 1. The summed E-state index contributed by atoms with van der Waals surface area (Å²) >= 11 is 0. The van der Waals surface area contributed by atoms with E-state index in [1.54, 1.807) is 6.08 Å². The van der Waals surface area contributed by atoms with Gasteiger partial charge in [-0.3, -0.25) is 4.79 Å². The molecule has 2 rings (SSSR count). The number of likely N-dealkylation sites (tertiary alicyclic amines) is 1. The molecule has 2 aliphatic rings. The molecule has 0 radical (unpaired) electrons. The van der Waals surface area contributed by atoms with E-state index in [9.17, 15) is 4.79 Å². The fraction of sp³-hybridized carbons (Fsp3) is 0.750. The van der Waals surface area contributed by atoms with Crippen LogP contribution in [0.3, 0.4) is 0 Å². The third-order valence-corrected chi connectivity index (χ3v) is 3.83. The van der Waals surface area contributed by atoms with Gasteiger partial charge in [-0.05, 0) is 31.1 Å². The highest BCUT2D eigenvalue weighted by Gasteiger charge is 2.42. The molecule has 0 aromatic rings. The van der Waals surface area contributed by atoms with Crippen LogP contribution >= 0.6 is 0 Å². The van der Waals surface area contributed by atoms with Crippen molar-refractivity contribution in [1.29, 1.82) is 0 Å². The minimum absolute atomic E-state index is 0.275. The second-order valence-corrected chi connectivity index (χ2v) is 4.79. The van der Waals surface area contributed by atoms with Crippen molar-refractivity contribution in [2.75, 3.05) is 13.1 Å². The van der Waals surface area contributed by atoms with E-state index >= 15 is 0 Å². The highest BCUT2D eigenvalue weighted by molar-refractivity contribution is 5.76. The molecule has 0 aromatic heterocycles. The Hall–Kier alpha value is -0.830. The van der Waals surface area contributed by atoms with Crippen LogP contribution < -0.4 is 5.73 Å². The van der Waals surface area contributed by atoms with Crippen molar-refractivity contribution in [3.05, 3.63) is 12.7 Å². The molecule has 1 aliphatic heterocycles. The number of allylic oxidation sites excluding steroid dienone is 1. The van der Waals surface area contributed by atoms with Crippen molar-refractivity contribution >= 4 is 5.91 Å². The molecule has 2 N–H and O–H groups in total. The van der Waals surface area contributed by atoms with Crippen molar-refractivity contribution in [2.24, 2.45) is 17.6 Å². The average molecular weight is 208 g/mol. The molecule has 1 aliphatic carbocycles. The number of fused-ring (bicyclic) bond motifs is 1. The summed E-state index contributed by atoms with van der Waals surface area (Å²) in [4.78, 5) is 13.8. The summed E-state index contributed by atoms with van der Waals surface area (Å²) in [6, 6.07) is 0.326. The molecule has 2 fully saturated rings. The quantitative estimate of drug-likeness (QED) is 0.707. The standard InChI is InChI=1S/C12H20N2O/c1-2-3-4-12(15)14-7-9-5-6-11(13)10(9)8-14/h2,9-11H,1,3-8,13H2. The van der Waals surface area contributed by atoms with Gasteiger partial charge in [0.15, 0.2) is 0 Å². The molecule has 84 valence electrons. The Morgan fingerprint density at radius 1 is 1.47 bits per heavy atom. The number of amides is 1. The van der Waals surface area contributed by atoms with Crippen LogP contribution in [-0.4, -0.2) is 29.9 Å².